The summed E-state index contributed by atoms with van der Waals surface area (Å²) in [5.41, 5.74) is 0. The summed E-state index contributed by atoms with van der Waals surface area (Å²) in [7, 11) is 3.88. The van der Waals surface area contributed by atoms with Gasteiger partial charge in [-0.1, -0.05) is 0 Å². The van der Waals surface area contributed by atoms with Crippen LogP contribution in [-0.4, -0.2) is 103 Å². The third-order valence-electron chi connectivity index (χ3n) is 5.09. The minimum Gasteiger partial charge on any atom is -0.475 e. The van der Waals surface area contributed by atoms with Gasteiger partial charge in [0.1, 0.15) is 0 Å². The molecule has 0 saturated carbocycles. The molecule has 3 heterocycles. The van der Waals surface area contributed by atoms with Gasteiger partial charge in [-0.25, -0.2) is 4.79 Å². The van der Waals surface area contributed by atoms with Gasteiger partial charge in [-0.05, 0) is 39.3 Å². The Balaban J connectivity index is 0.000000370. The van der Waals surface area contributed by atoms with Crippen molar-refractivity contribution in [1.29, 1.82) is 0 Å². The van der Waals surface area contributed by atoms with Crippen molar-refractivity contribution in [2.24, 2.45) is 5.92 Å². The topological polar surface area (TPSA) is 79.3 Å². The molecule has 1 N–H and O–H groups in total. The van der Waals surface area contributed by atoms with Crippen LogP contribution in [-0.2, 0) is 19.1 Å². The Morgan fingerprint density at radius 3 is 2.38 bits per heavy atom. The summed E-state index contributed by atoms with van der Waals surface area (Å²) in [5, 5.41) is 7.12. The molecule has 1 atom stereocenters. The smallest absolute Gasteiger partial charge is 0.475 e. The van der Waals surface area contributed by atoms with Gasteiger partial charge in [-0.3, -0.25) is 4.79 Å². The van der Waals surface area contributed by atoms with Crippen molar-refractivity contribution in [3.05, 3.63) is 0 Å². The largest absolute Gasteiger partial charge is 0.490 e. The molecular weight excluding hydrogens is 413 g/mol. The third kappa shape index (κ3) is 7.62. The molecule has 3 rings (SSSR count). The van der Waals surface area contributed by atoms with Crippen LogP contribution in [0.15, 0.2) is 0 Å². The monoisotopic (exact) mass is 442 g/mol. The Bertz CT molecular complexity index is 564. The molecular formula is C18H29F3N2O5S. The van der Waals surface area contributed by atoms with E-state index < -0.39 is 12.1 Å². The Hall–Kier alpha value is -1.04. The van der Waals surface area contributed by atoms with Crippen molar-refractivity contribution >= 4 is 23.6 Å². The molecule has 7 nitrogen and oxygen atoms in total. The molecule has 0 aromatic carbocycles. The number of alkyl halides is 3. The van der Waals surface area contributed by atoms with E-state index in [0.717, 1.165) is 57.9 Å². The lowest BCUT2D eigenvalue weighted by Crippen LogP contribution is -2.62. The van der Waals surface area contributed by atoms with Gasteiger partial charge in [0, 0.05) is 38.7 Å². The zero-order chi connectivity index (χ0) is 21.7. The van der Waals surface area contributed by atoms with Gasteiger partial charge in [0.2, 0.25) is 5.91 Å². The number of thioether (sulfide) groups is 1. The van der Waals surface area contributed by atoms with Crippen molar-refractivity contribution in [3.8, 4) is 0 Å². The van der Waals surface area contributed by atoms with Gasteiger partial charge in [0.25, 0.3) is 0 Å². The van der Waals surface area contributed by atoms with Crippen molar-refractivity contribution in [1.82, 2.24) is 9.80 Å². The summed E-state index contributed by atoms with van der Waals surface area (Å²) in [5.74, 6) is -0.746. The van der Waals surface area contributed by atoms with Gasteiger partial charge in [0.15, 0.2) is 0 Å². The number of ether oxygens (including phenoxy) is 2. The Kier molecular flexibility index (Phi) is 8.62. The minimum absolute atomic E-state index is 0.253. The van der Waals surface area contributed by atoms with E-state index in [1.54, 1.807) is 0 Å². The van der Waals surface area contributed by atoms with E-state index in [1.165, 1.54) is 0 Å². The molecule has 3 saturated heterocycles. The molecule has 11 heteroatoms. The number of nitrogens with zero attached hydrogens (tertiary/aromatic N) is 2. The van der Waals surface area contributed by atoms with Crippen LogP contribution in [0.2, 0.25) is 0 Å². The number of carbonyl (C=O) groups is 2. The summed E-state index contributed by atoms with van der Waals surface area (Å²) < 4.78 is 43.6. The number of likely N-dealkylation sites (tertiary alicyclic amines) is 1. The lowest BCUT2D eigenvalue weighted by Gasteiger charge is -2.47. The van der Waals surface area contributed by atoms with Crippen LogP contribution in [0.3, 0.4) is 0 Å². The molecule has 1 spiro atoms. The first-order chi connectivity index (χ1) is 13.5. The molecule has 0 aliphatic carbocycles. The van der Waals surface area contributed by atoms with E-state index in [4.69, 9.17) is 19.4 Å². The first kappa shape index (κ1) is 24.2. The summed E-state index contributed by atoms with van der Waals surface area (Å²) in [6.07, 6.45) is -1.33. The zero-order valence-corrected chi connectivity index (χ0v) is 17.6. The van der Waals surface area contributed by atoms with Crippen molar-refractivity contribution in [2.75, 3.05) is 59.3 Å². The number of hydrogen-bond acceptors (Lipinski definition) is 6. The molecule has 1 amide bonds. The number of aliphatic carboxylic acids is 1. The van der Waals surface area contributed by atoms with Crippen molar-refractivity contribution < 1.29 is 37.3 Å². The highest BCUT2D eigenvalue weighted by molar-refractivity contribution is 8.01. The maximum Gasteiger partial charge on any atom is 0.490 e. The Morgan fingerprint density at radius 2 is 1.86 bits per heavy atom. The summed E-state index contributed by atoms with van der Waals surface area (Å²) in [4.78, 5) is 24.9. The van der Waals surface area contributed by atoms with Crippen LogP contribution < -0.4 is 0 Å². The van der Waals surface area contributed by atoms with Crippen LogP contribution >= 0.6 is 11.8 Å². The number of carbonyl (C=O) groups excluding carboxylic acids is 1. The fraction of sp³-hybridized carbons (Fsp3) is 0.889. The van der Waals surface area contributed by atoms with Crippen LogP contribution in [0.5, 0.6) is 0 Å². The van der Waals surface area contributed by atoms with E-state index in [9.17, 15) is 18.0 Å². The van der Waals surface area contributed by atoms with Crippen molar-refractivity contribution in [2.45, 2.75) is 36.3 Å². The molecule has 29 heavy (non-hydrogen) atoms. The average Bonchev–Trinajstić information content (AvgIpc) is 3.03. The molecule has 0 bridgehead atoms. The highest BCUT2D eigenvalue weighted by Crippen LogP contribution is 2.46. The average molecular weight is 443 g/mol. The third-order valence-corrected chi connectivity index (χ3v) is 6.66. The zero-order valence-electron chi connectivity index (χ0n) is 16.7. The predicted octanol–water partition coefficient (Wildman–Crippen LogP) is 1.71. The molecule has 3 fully saturated rings. The van der Waals surface area contributed by atoms with Gasteiger partial charge in [0.05, 0.1) is 17.4 Å². The SMILES string of the molecule is CN(C)CC(=O)N1CC2(CC(OCC3CCOCC3)CS2)C1.O=C(O)C(F)(F)F. The highest BCUT2D eigenvalue weighted by atomic mass is 32.2. The quantitative estimate of drug-likeness (QED) is 0.695. The maximum atomic E-state index is 12.0. The molecule has 1 unspecified atom stereocenters. The Labute approximate surface area is 172 Å². The number of carboxylic acids is 1. The predicted molar refractivity (Wildman–Crippen MR) is 102 cm³/mol. The van der Waals surface area contributed by atoms with Gasteiger partial charge < -0.3 is 24.4 Å². The summed E-state index contributed by atoms with van der Waals surface area (Å²) in [6.45, 7) is 4.99. The lowest BCUT2D eigenvalue weighted by molar-refractivity contribution is -0.192. The standard InChI is InChI=1S/C16H28N2O3S.C2HF3O2/c1-17(2)8-15(19)18-11-16(12-18)7-14(10-22-16)21-9-13-3-5-20-6-4-13;3-2(4,5)1(6)7/h13-14H,3-12H2,1-2H3;(H,6,7). The molecule has 0 aromatic heterocycles. The number of halogens is 3. The molecule has 0 aromatic rings. The molecule has 168 valence electrons. The van der Waals surface area contributed by atoms with Crippen molar-refractivity contribution in [3.63, 3.8) is 0 Å². The first-order valence-electron chi connectivity index (χ1n) is 9.57. The fourth-order valence-corrected chi connectivity index (χ4v) is 5.06. The number of amides is 1. The molecule has 3 aliphatic heterocycles. The normalized spacial score (nSPS) is 24.2. The second-order valence-corrected chi connectivity index (χ2v) is 9.49. The number of rotatable bonds is 5. The van der Waals surface area contributed by atoms with Crippen LogP contribution in [0.1, 0.15) is 19.3 Å². The van der Waals surface area contributed by atoms with Crippen LogP contribution in [0.4, 0.5) is 13.2 Å². The van der Waals surface area contributed by atoms with Gasteiger partial charge >= 0.3 is 12.1 Å². The molecule has 0 radical (unpaired) electrons. The first-order valence-corrected chi connectivity index (χ1v) is 10.6. The molecule has 3 aliphatic rings. The van der Waals surface area contributed by atoms with E-state index in [-0.39, 0.29) is 10.7 Å². The van der Waals surface area contributed by atoms with Crippen LogP contribution in [0, 0.1) is 5.92 Å². The van der Waals surface area contributed by atoms with E-state index in [0.29, 0.717) is 18.6 Å². The number of carboxylic acid groups (broad SMARTS) is 1. The summed E-state index contributed by atoms with van der Waals surface area (Å²) >= 11 is 2.01. The van der Waals surface area contributed by atoms with E-state index in [1.807, 2.05) is 35.7 Å². The highest BCUT2D eigenvalue weighted by Gasteiger charge is 2.50. The maximum absolute atomic E-state index is 12.0. The van der Waals surface area contributed by atoms with E-state index >= 15 is 0 Å². The number of likely N-dealkylation sites (N-methyl/N-ethyl adjacent to an activating group) is 1. The van der Waals surface area contributed by atoms with Gasteiger partial charge in [-0.2, -0.15) is 13.2 Å². The second kappa shape index (κ2) is 10.3. The second-order valence-electron chi connectivity index (χ2n) is 8.00. The van der Waals surface area contributed by atoms with Gasteiger partial charge in [-0.15, -0.1) is 11.8 Å². The lowest BCUT2D eigenvalue weighted by atomic mass is 9.92. The van der Waals surface area contributed by atoms with Crippen LogP contribution in [0.25, 0.3) is 0 Å². The number of hydrogen-bond donors (Lipinski definition) is 1. The Morgan fingerprint density at radius 1 is 1.28 bits per heavy atom. The fourth-order valence-electron chi connectivity index (χ4n) is 3.51. The summed E-state index contributed by atoms with van der Waals surface area (Å²) in [6, 6.07) is 0. The van der Waals surface area contributed by atoms with E-state index in [2.05, 4.69) is 0 Å². The minimum atomic E-state index is -5.08.